The van der Waals surface area contributed by atoms with Crippen LogP contribution in [0.1, 0.15) is 29.8 Å². The van der Waals surface area contributed by atoms with Crippen LogP contribution in [-0.4, -0.2) is 5.91 Å². The van der Waals surface area contributed by atoms with Gasteiger partial charge in [-0.05, 0) is 47.9 Å². The lowest BCUT2D eigenvalue weighted by atomic mass is 10.1. The van der Waals surface area contributed by atoms with Gasteiger partial charge in [0.15, 0.2) is 0 Å². The maximum Gasteiger partial charge on any atom is 0.255 e. The molecule has 0 atom stereocenters. The van der Waals surface area contributed by atoms with Crippen LogP contribution in [0.4, 0.5) is 10.1 Å². The van der Waals surface area contributed by atoms with Gasteiger partial charge in [-0.25, -0.2) is 4.39 Å². The van der Waals surface area contributed by atoms with E-state index in [4.69, 9.17) is 0 Å². The molecule has 0 aliphatic heterocycles. The van der Waals surface area contributed by atoms with E-state index in [1.54, 1.807) is 12.1 Å². The van der Waals surface area contributed by atoms with Gasteiger partial charge in [-0.2, -0.15) is 0 Å². The minimum absolute atomic E-state index is 0.207. The van der Waals surface area contributed by atoms with Crippen LogP contribution in [0.5, 0.6) is 0 Å². The Morgan fingerprint density at radius 1 is 1.05 bits per heavy atom. The average molecular weight is 283 g/mol. The molecular formula is C18H18FNO. The fourth-order valence-corrected chi connectivity index (χ4v) is 1.79. The van der Waals surface area contributed by atoms with Gasteiger partial charge in [0.1, 0.15) is 5.82 Å². The zero-order chi connectivity index (χ0) is 15.2. The van der Waals surface area contributed by atoms with Gasteiger partial charge in [-0.15, -0.1) is 0 Å². The molecule has 2 nitrogen and oxygen atoms in total. The normalized spacial score (nSPS) is 11.0. The summed E-state index contributed by atoms with van der Waals surface area (Å²) in [4.78, 5) is 12.1. The third-order valence-electron chi connectivity index (χ3n) is 2.95. The Labute approximate surface area is 124 Å². The highest BCUT2D eigenvalue weighted by Crippen LogP contribution is 2.12. The monoisotopic (exact) mass is 283 g/mol. The van der Waals surface area contributed by atoms with Crippen molar-refractivity contribution in [2.24, 2.45) is 5.92 Å². The van der Waals surface area contributed by atoms with Crippen molar-refractivity contribution >= 4 is 17.7 Å². The number of nitrogens with one attached hydrogen (secondary N) is 1. The maximum absolute atomic E-state index is 12.8. The Balaban J connectivity index is 2.04. The number of allylic oxidation sites excluding steroid dienone is 1. The summed E-state index contributed by atoms with van der Waals surface area (Å²) >= 11 is 0. The molecule has 0 saturated heterocycles. The number of benzene rings is 2. The molecule has 0 bridgehead atoms. The van der Waals surface area contributed by atoms with Gasteiger partial charge in [-0.3, -0.25) is 4.79 Å². The van der Waals surface area contributed by atoms with Crippen molar-refractivity contribution in [2.45, 2.75) is 13.8 Å². The molecule has 108 valence electrons. The van der Waals surface area contributed by atoms with Crippen LogP contribution in [-0.2, 0) is 0 Å². The quantitative estimate of drug-likeness (QED) is 0.862. The maximum atomic E-state index is 12.8. The zero-order valence-electron chi connectivity index (χ0n) is 12.1. The van der Waals surface area contributed by atoms with E-state index in [0.717, 1.165) is 5.56 Å². The van der Waals surface area contributed by atoms with E-state index in [1.165, 1.54) is 24.3 Å². The third-order valence-corrected chi connectivity index (χ3v) is 2.95. The SMILES string of the molecule is CC(C)C=Cc1ccc(C(=O)Nc2ccc(F)cc2)cc1. The van der Waals surface area contributed by atoms with E-state index < -0.39 is 0 Å². The molecule has 21 heavy (non-hydrogen) atoms. The lowest BCUT2D eigenvalue weighted by Crippen LogP contribution is -2.11. The van der Waals surface area contributed by atoms with E-state index in [2.05, 4.69) is 25.2 Å². The minimum Gasteiger partial charge on any atom is -0.322 e. The van der Waals surface area contributed by atoms with Gasteiger partial charge >= 0.3 is 0 Å². The molecule has 0 spiro atoms. The molecule has 0 aromatic heterocycles. The van der Waals surface area contributed by atoms with Gasteiger partial charge in [0.25, 0.3) is 5.91 Å². The molecule has 0 radical (unpaired) electrons. The van der Waals surface area contributed by atoms with Gasteiger partial charge in [0, 0.05) is 11.3 Å². The summed E-state index contributed by atoms with van der Waals surface area (Å²) in [5.41, 5.74) is 2.20. The number of anilines is 1. The second-order valence-electron chi connectivity index (χ2n) is 5.19. The molecule has 2 aromatic carbocycles. The highest BCUT2D eigenvalue weighted by atomic mass is 19.1. The largest absolute Gasteiger partial charge is 0.322 e. The zero-order valence-corrected chi connectivity index (χ0v) is 12.1. The lowest BCUT2D eigenvalue weighted by Gasteiger charge is -2.05. The van der Waals surface area contributed by atoms with Crippen molar-refractivity contribution in [3.05, 3.63) is 71.6 Å². The first-order chi connectivity index (χ1) is 10.0. The molecule has 3 heteroatoms. The molecule has 0 aliphatic rings. The first-order valence-corrected chi connectivity index (χ1v) is 6.90. The predicted octanol–water partition coefficient (Wildman–Crippen LogP) is 4.75. The summed E-state index contributed by atoms with van der Waals surface area (Å²) in [5.74, 6) is -0.0401. The van der Waals surface area contributed by atoms with Crippen LogP contribution in [0, 0.1) is 11.7 Å². The van der Waals surface area contributed by atoms with Gasteiger partial charge in [-0.1, -0.05) is 38.1 Å². The van der Waals surface area contributed by atoms with Crippen molar-refractivity contribution < 1.29 is 9.18 Å². The van der Waals surface area contributed by atoms with Crippen LogP contribution in [0.25, 0.3) is 6.08 Å². The number of rotatable bonds is 4. The molecule has 0 unspecified atom stereocenters. The van der Waals surface area contributed by atoms with Crippen molar-refractivity contribution in [2.75, 3.05) is 5.32 Å². The fourth-order valence-electron chi connectivity index (χ4n) is 1.79. The Kier molecular flexibility index (Phi) is 4.88. The number of hydrogen-bond acceptors (Lipinski definition) is 1. The Bertz CT molecular complexity index is 627. The number of hydrogen-bond donors (Lipinski definition) is 1. The topological polar surface area (TPSA) is 29.1 Å². The Morgan fingerprint density at radius 3 is 2.24 bits per heavy atom. The van der Waals surface area contributed by atoms with Gasteiger partial charge < -0.3 is 5.32 Å². The average Bonchev–Trinajstić information content (AvgIpc) is 2.48. The smallest absolute Gasteiger partial charge is 0.255 e. The first-order valence-electron chi connectivity index (χ1n) is 6.90. The van der Waals surface area contributed by atoms with Crippen molar-refractivity contribution in [1.29, 1.82) is 0 Å². The van der Waals surface area contributed by atoms with Gasteiger partial charge in [0.05, 0.1) is 0 Å². The third kappa shape index (κ3) is 4.56. The van der Waals surface area contributed by atoms with Crippen molar-refractivity contribution in [3.8, 4) is 0 Å². The van der Waals surface area contributed by atoms with E-state index >= 15 is 0 Å². The molecule has 0 fully saturated rings. The van der Waals surface area contributed by atoms with E-state index in [1.807, 2.05) is 18.2 Å². The van der Waals surface area contributed by atoms with E-state index in [0.29, 0.717) is 17.2 Å². The molecule has 1 amide bonds. The second-order valence-corrected chi connectivity index (χ2v) is 5.19. The highest BCUT2D eigenvalue weighted by Gasteiger charge is 2.05. The second kappa shape index (κ2) is 6.84. The van der Waals surface area contributed by atoms with Crippen LogP contribution in [0.2, 0.25) is 0 Å². The molecule has 1 N–H and O–H groups in total. The molecule has 0 aliphatic carbocycles. The predicted molar refractivity (Wildman–Crippen MR) is 84.7 cm³/mol. The molecule has 0 saturated carbocycles. The van der Waals surface area contributed by atoms with Crippen molar-refractivity contribution in [3.63, 3.8) is 0 Å². The standard InChI is InChI=1S/C18H18FNO/c1-13(2)3-4-14-5-7-15(8-6-14)18(21)20-17-11-9-16(19)10-12-17/h3-13H,1-2H3,(H,20,21). The number of halogens is 1. The number of carbonyl (C=O) groups excluding carboxylic acids is 1. The summed E-state index contributed by atoms with van der Waals surface area (Å²) in [6.07, 6.45) is 4.14. The Morgan fingerprint density at radius 2 is 1.67 bits per heavy atom. The Hall–Kier alpha value is -2.42. The first kappa shape index (κ1) is 15.0. The molecule has 2 aromatic rings. The summed E-state index contributed by atoms with van der Waals surface area (Å²) in [7, 11) is 0. The van der Waals surface area contributed by atoms with Crippen LogP contribution >= 0.6 is 0 Å². The number of amides is 1. The van der Waals surface area contributed by atoms with Crippen LogP contribution in [0.3, 0.4) is 0 Å². The number of carbonyl (C=O) groups is 1. The summed E-state index contributed by atoms with van der Waals surface area (Å²) in [6.45, 7) is 4.22. The summed E-state index contributed by atoms with van der Waals surface area (Å²) in [5, 5.41) is 2.73. The van der Waals surface area contributed by atoms with E-state index in [-0.39, 0.29) is 11.7 Å². The highest BCUT2D eigenvalue weighted by molar-refractivity contribution is 6.04. The summed E-state index contributed by atoms with van der Waals surface area (Å²) < 4.78 is 12.8. The van der Waals surface area contributed by atoms with Crippen molar-refractivity contribution in [1.82, 2.24) is 0 Å². The fraction of sp³-hybridized carbons (Fsp3) is 0.167. The van der Waals surface area contributed by atoms with Crippen LogP contribution < -0.4 is 5.32 Å². The molecular weight excluding hydrogens is 265 g/mol. The molecule has 0 heterocycles. The van der Waals surface area contributed by atoms with Crippen LogP contribution in [0.15, 0.2) is 54.6 Å². The summed E-state index contributed by atoms with van der Waals surface area (Å²) in [6, 6.07) is 13.1. The minimum atomic E-state index is -0.325. The van der Waals surface area contributed by atoms with E-state index in [9.17, 15) is 9.18 Å². The molecule has 2 rings (SSSR count). The van der Waals surface area contributed by atoms with Gasteiger partial charge in [0.2, 0.25) is 0 Å². The lowest BCUT2D eigenvalue weighted by molar-refractivity contribution is 0.102.